The predicted octanol–water partition coefficient (Wildman–Crippen LogP) is 2.97. The molecule has 1 unspecified atom stereocenters. The molecule has 28 heavy (non-hydrogen) atoms. The van der Waals surface area contributed by atoms with Gasteiger partial charge in [0.05, 0.1) is 19.6 Å². The lowest BCUT2D eigenvalue weighted by Gasteiger charge is -2.23. The van der Waals surface area contributed by atoms with Crippen LogP contribution in [0.15, 0.2) is 36.4 Å². The molecule has 8 heteroatoms. The molecule has 0 radical (unpaired) electrons. The summed E-state index contributed by atoms with van der Waals surface area (Å²) in [4.78, 5) is 27.0. The van der Waals surface area contributed by atoms with Crippen LogP contribution in [0.2, 0.25) is 0 Å². The quantitative estimate of drug-likeness (QED) is 0.851. The highest BCUT2D eigenvalue weighted by Gasteiger charge is 2.52. The Morgan fingerprint density at radius 1 is 1.21 bits per heavy atom. The summed E-state index contributed by atoms with van der Waals surface area (Å²) < 4.78 is 24.0. The van der Waals surface area contributed by atoms with E-state index >= 15 is 0 Å². The first-order valence-corrected chi connectivity index (χ1v) is 8.86. The summed E-state index contributed by atoms with van der Waals surface area (Å²) in [5.74, 6) is 0.0773. The van der Waals surface area contributed by atoms with Crippen molar-refractivity contribution in [2.24, 2.45) is 0 Å². The molecule has 2 aromatic rings. The van der Waals surface area contributed by atoms with E-state index in [4.69, 9.17) is 9.47 Å². The van der Waals surface area contributed by atoms with E-state index in [1.54, 1.807) is 24.1 Å². The van der Waals surface area contributed by atoms with E-state index in [2.05, 4.69) is 10.6 Å². The van der Waals surface area contributed by atoms with Crippen LogP contribution in [0.1, 0.15) is 12.0 Å². The summed E-state index contributed by atoms with van der Waals surface area (Å²) in [5, 5.41) is 5.57. The van der Waals surface area contributed by atoms with Crippen molar-refractivity contribution in [3.8, 4) is 11.5 Å². The summed E-state index contributed by atoms with van der Waals surface area (Å²) in [7, 11) is 2.95. The summed E-state index contributed by atoms with van der Waals surface area (Å²) in [6.45, 7) is 0.651. The van der Waals surface area contributed by atoms with Gasteiger partial charge in [0.1, 0.15) is 5.75 Å². The molecule has 1 spiro atoms. The van der Waals surface area contributed by atoms with E-state index in [0.29, 0.717) is 24.4 Å². The third-order valence-electron chi connectivity index (χ3n) is 5.38. The standard InChI is InChI=1S/C20H20FN3O4/c1-27-13-4-5-16-14(10-13)20(18(25)23-16)7-8-24(11-20)19(26)22-12-3-6-17(28-2)15(21)9-12/h3-6,9-10H,7-8,11H2,1-2H3,(H,22,26)(H,23,25). The molecule has 1 fully saturated rings. The van der Waals surface area contributed by atoms with Gasteiger partial charge in [-0.15, -0.1) is 0 Å². The number of benzene rings is 2. The van der Waals surface area contributed by atoms with Crippen LogP contribution in [0.5, 0.6) is 11.5 Å². The fourth-order valence-corrected chi connectivity index (χ4v) is 3.85. The lowest BCUT2D eigenvalue weighted by Crippen LogP contribution is -2.40. The number of rotatable bonds is 3. The van der Waals surface area contributed by atoms with Gasteiger partial charge >= 0.3 is 6.03 Å². The Morgan fingerprint density at radius 3 is 2.75 bits per heavy atom. The van der Waals surface area contributed by atoms with Crippen molar-refractivity contribution in [2.45, 2.75) is 11.8 Å². The SMILES string of the molecule is COc1ccc2c(c1)C1(CCN(C(=O)Nc3ccc(OC)c(F)c3)C1)C(=O)N2. The number of likely N-dealkylation sites (tertiary alicyclic amines) is 1. The maximum absolute atomic E-state index is 13.9. The second kappa shape index (κ2) is 6.70. The van der Waals surface area contributed by atoms with Crippen LogP contribution in [0.25, 0.3) is 0 Å². The minimum absolute atomic E-state index is 0.103. The molecule has 2 aliphatic heterocycles. The van der Waals surface area contributed by atoms with Crippen LogP contribution in [0.3, 0.4) is 0 Å². The smallest absolute Gasteiger partial charge is 0.321 e. The zero-order valence-corrected chi connectivity index (χ0v) is 15.5. The average Bonchev–Trinajstić information content (AvgIpc) is 3.25. The van der Waals surface area contributed by atoms with Gasteiger partial charge in [-0.2, -0.15) is 0 Å². The lowest BCUT2D eigenvalue weighted by molar-refractivity contribution is -0.120. The normalized spacial score (nSPS) is 20.1. The van der Waals surface area contributed by atoms with Gasteiger partial charge in [0.15, 0.2) is 11.6 Å². The second-order valence-corrected chi connectivity index (χ2v) is 6.90. The van der Waals surface area contributed by atoms with Crippen LogP contribution in [0, 0.1) is 5.82 Å². The van der Waals surface area contributed by atoms with E-state index < -0.39 is 11.2 Å². The number of carbonyl (C=O) groups is 2. The van der Waals surface area contributed by atoms with E-state index in [1.807, 2.05) is 12.1 Å². The van der Waals surface area contributed by atoms with Crippen molar-refractivity contribution >= 4 is 23.3 Å². The first-order valence-electron chi connectivity index (χ1n) is 8.86. The first kappa shape index (κ1) is 18.1. The van der Waals surface area contributed by atoms with E-state index in [-0.39, 0.29) is 24.2 Å². The summed E-state index contributed by atoms with van der Waals surface area (Å²) in [5.41, 5.74) is 1.10. The van der Waals surface area contributed by atoms with Gasteiger partial charge in [0.25, 0.3) is 0 Å². The third-order valence-corrected chi connectivity index (χ3v) is 5.38. The van der Waals surface area contributed by atoms with Gasteiger partial charge in [-0.25, -0.2) is 9.18 Å². The van der Waals surface area contributed by atoms with E-state index in [0.717, 1.165) is 11.3 Å². The van der Waals surface area contributed by atoms with Crippen molar-refractivity contribution in [3.05, 3.63) is 47.8 Å². The fraction of sp³-hybridized carbons (Fsp3) is 0.300. The highest BCUT2D eigenvalue weighted by atomic mass is 19.1. The van der Waals surface area contributed by atoms with E-state index in [1.165, 1.54) is 19.2 Å². The van der Waals surface area contributed by atoms with Crippen LogP contribution < -0.4 is 20.1 Å². The number of amides is 3. The molecular formula is C20H20FN3O4. The van der Waals surface area contributed by atoms with Gasteiger partial charge in [-0.3, -0.25) is 4.79 Å². The molecule has 0 aromatic heterocycles. The third kappa shape index (κ3) is 2.81. The highest BCUT2D eigenvalue weighted by molar-refractivity contribution is 6.07. The number of fused-ring (bicyclic) bond motifs is 2. The van der Waals surface area contributed by atoms with Crippen molar-refractivity contribution in [1.82, 2.24) is 4.90 Å². The number of urea groups is 1. The molecule has 0 saturated carbocycles. The van der Waals surface area contributed by atoms with Crippen molar-refractivity contribution in [2.75, 3.05) is 37.9 Å². The molecule has 2 aliphatic rings. The average molecular weight is 385 g/mol. The molecule has 1 saturated heterocycles. The minimum atomic E-state index is -0.799. The van der Waals surface area contributed by atoms with Crippen LogP contribution in [-0.4, -0.2) is 44.1 Å². The van der Waals surface area contributed by atoms with Gasteiger partial charge < -0.3 is 25.0 Å². The molecule has 2 heterocycles. The van der Waals surface area contributed by atoms with Gasteiger partial charge in [0, 0.05) is 30.5 Å². The summed E-state index contributed by atoms with van der Waals surface area (Å²) in [6, 6.07) is 9.26. The Kier molecular flexibility index (Phi) is 4.33. The van der Waals surface area contributed by atoms with Crippen LogP contribution in [-0.2, 0) is 10.2 Å². The molecule has 2 aromatic carbocycles. The van der Waals surface area contributed by atoms with Crippen molar-refractivity contribution in [3.63, 3.8) is 0 Å². The zero-order valence-electron chi connectivity index (χ0n) is 15.5. The molecule has 4 rings (SSSR count). The number of methoxy groups -OCH3 is 2. The van der Waals surface area contributed by atoms with Crippen molar-refractivity contribution < 1.29 is 23.5 Å². The monoisotopic (exact) mass is 385 g/mol. The number of nitrogens with zero attached hydrogens (tertiary/aromatic N) is 1. The molecule has 1 atom stereocenters. The number of hydrogen-bond acceptors (Lipinski definition) is 4. The molecule has 2 N–H and O–H groups in total. The Hall–Kier alpha value is -3.29. The Balaban J connectivity index is 1.54. The van der Waals surface area contributed by atoms with Crippen LogP contribution in [0.4, 0.5) is 20.6 Å². The number of nitrogens with one attached hydrogen (secondary N) is 2. The van der Waals surface area contributed by atoms with Crippen molar-refractivity contribution in [1.29, 1.82) is 0 Å². The number of halogens is 1. The maximum Gasteiger partial charge on any atom is 0.321 e. The number of carbonyl (C=O) groups excluding carboxylic acids is 2. The Labute approximate surface area is 161 Å². The summed E-state index contributed by atoms with van der Waals surface area (Å²) >= 11 is 0. The van der Waals surface area contributed by atoms with Crippen LogP contribution >= 0.6 is 0 Å². The van der Waals surface area contributed by atoms with Gasteiger partial charge in [-0.05, 0) is 42.3 Å². The zero-order chi connectivity index (χ0) is 19.9. The highest BCUT2D eigenvalue weighted by Crippen LogP contribution is 2.45. The number of ether oxygens (including phenoxy) is 2. The Bertz CT molecular complexity index is 964. The summed E-state index contributed by atoms with van der Waals surface area (Å²) in [6.07, 6.45) is 0.503. The molecule has 7 nitrogen and oxygen atoms in total. The minimum Gasteiger partial charge on any atom is -0.497 e. The number of anilines is 2. The predicted molar refractivity (Wildman–Crippen MR) is 101 cm³/mol. The first-order chi connectivity index (χ1) is 13.5. The lowest BCUT2D eigenvalue weighted by atomic mass is 9.81. The second-order valence-electron chi connectivity index (χ2n) is 6.90. The molecule has 3 amide bonds. The topological polar surface area (TPSA) is 79.9 Å². The molecule has 0 bridgehead atoms. The maximum atomic E-state index is 13.9. The van der Waals surface area contributed by atoms with Gasteiger partial charge in [0.2, 0.25) is 5.91 Å². The molecule has 0 aliphatic carbocycles. The molecular weight excluding hydrogens is 365 g/mol. The van der Waals surface area contributed by atoms with Gasteiger partial charge in [-0.1, -0.05) is 0 Å². The fourth-order valence-electron chi connectivity index (χ4n) is 3.85. The molecule has 146 valence electrons. The Morgan fingerprint density at radius 2 is 2.04 bits per heavy atom. The largest absolute Gasteiger partial charge is 0.497 e. The number of hydrogen-bond donors (Lipinski definition) is 2. The van der Waals surface area contributed by atoms with E-state index in [9.17, 15) is 14.0 Å².